The molecule has 1 aliphatic rings. The first-order valence-corrected chi connectivity index (χ1v) is 8.78. The van der Waals surface area contributed by atoms with Crippen molar-refractivity contribution in [2.24, 2.45) is 5.41 Å². The summed E-state index contributed by atoms with van der Waals surface area (Å²) in [5.41, 5.74) is 1.00. The molecule has 0 bridgehead atoms. The molecule has 1 saturated heterocycles. The second-order valence-corrected chi connectivity index (χ2v) is 8.88. The van der Waals surface area contributed by atoms with Crippen LogP contribution in [0, 0.1) is 5.41 Å². The van der Waals surface area contributed by atoms with Crippen LogP contribution in [-0.2, 0) is 9.53 Å². The van der Waals surface area contributed by atoms with Gasteiger partial charge in [0.05, 0.1) is 18.8 Å². The molecule has 0 unspecified atom stereocenters. The highest BCUT2D eigenvalue weighted by molar-refractivity contribution is 5.78. The van der Waals surface area contributed by atoms with Gasteiger partial charge in [-0.3, -0.25) is 9.69 Å². The summed E-state index contributed by atoms with van der Waals surface area (Å²) in [5.74, 6) is 0.0730. The molecular formula is C20H32N2O2. The standard InChI is InChI=1S/C20H32N2O2/c1-19(2,3)17-13-22(14-18(23)21-20(4,5)6)12-16(24-17)15-10-8-7-9-11-15/h7-11,16-17H,12-14H2,1-6H3,(H,21,23)/t16-,17+/m0/s1. The van der Waals surface area contributed by atoms with Crippen molar-refractivity contribution in [2.45, 2.75) is 59.3 Å². The van der Waals surface area contributed by atoms with E-state index in [9.17, 15) is 4.79 Å². The lowest BCUT2D eigenvalue weighted by Crippen LogP contribution is -2.53. The Labute approximate surface area is 146 Å². The molecule has 1 fully saturated rings. The van der Waals surface area contributed by atoms with Gasteiger partial charge in [0, 0.05) is 18.6 Å². The zero-order chi connectivity index (χ0) is 18.0. The summed E-state index contributed by atoms with van der Waals surface area (Å²) in [6, 6.07) is 10.3. The van der Waals surface area contributed by atoms with Gasteiger partial charge in [-0.2, -0.15) is 0 Å². The van der Waals surface area contributed by atoms with Gasteiger partial charge < -0.3 is 10.1 Å². The molecular weight excluding hydrogens is 300 g/mol. The topological polar surface area (TPSA) is 41.6 Å². The molecule has 1 aromatic rings. The van der Waals surface area contributed by atoms with E-state index in [0.717, 1.165) is 13.1 Å². The third kappa shape index (κ3) is 5.60. The van der Waals surface area contributed by atoms with Crippen LogP contribution in [0.3, 0.4) is 0 Å². The quantitative estimate of drug-likeness (QED) is 0.922. The average Bonchev–Trinajstić information content (AvgIpc) is 2.45. The number of ether oxygens (including phenoxy) is 1. The van der Waals surface area contributed by atoms with Crippen LogP contribution in [0.2, 0.25) is 0 Å². The van der Waals surface area contributed by atoms with Gasteiger partial charge in [-0.05, 0) is 31.7 Å². The van der Waals surface area contributed by atoms with Crippen LogP contribution in [0.5, 0.6) is 0 Å². The first-order chi connectivity index (χ1) is 11.0. The maximum atomic E-state index is 12.3. The van der Waals surface area contributed by atoms with Gasteiger partial charge in [-0.25, -0.2) is 0 Å². The van der Waals surface area contributed by atoms with Crippen molar-refractivity contribution in [1.82, 2.24) is 10.2 Å². The van der Waals surface area contributed by atoms with Gasteiger partial charge >= 0.3 is 0 Å². The van der Waals surface area contributed by atoms with E-state index in [1.807, 2.05) is 39.0 Å². The van der Waals surface area contributed by atoms with Gasteiger partial charge in [0.1, 0.15) is 0 Å². The Morgan fingerprint density at radius 3 is 2.29 bits per heavy atom. The van der Waals surface area contributed by atoms with E-state index in [-0.39, 0.29) is 29.1 Å². The zero-order valence-electron chi connectivity index (χ0n) is 15.9. The Morgan fingerprint density at radius 1 is 1.12 bits per heavy atom. The molecule has 0 aromatic heterocycles. The summed E-state index contributed by atoms with van der Waals surface area (Å²) < 4.78 is 6.38. The van der Waals surface area contributed by atoms with Crippen LogP contribution >= 0.6 is 0 Å². The number of nitrogens with one attached hydrogen (secondary N) is 1. The Morgan fingerprint density at radius 2 is 1.75 bits per heavy atom. The highest BCUT2D eigenvalue weighted by Crippen LogP contribution is 2.33. The van der Waals surface area contributed by atoms with E-state index in [1.165, 1.54) is 5.56 Å². The molecule has 1 heterocycles. The Hall–Kier alpha value is -1.39. The van der Waals surface area contributed by atoms with Crippen molar-refractivity contribution in [3.63, 3.8) is 0 Å². The molecule has 4 nitrogen and oxygen atoms in total. The highest BCUT2D eigenvalue weighted by Gasteiger charge is 2.36. The molecule has 0 radical (unpaired) electrons. The molecule has 0 saturated carbocycles. The van der Waals surface area contributed by atoms with Gasteiger partial charge in [-0.15, -0.1) is 0 Å². The average molecular weight is 332 g/mol. The smallest absolute Gasteiger partial charge is 0.234 e. The van der Waals surface area contributed by atoms with E-state index in [4.69, 9.17) is 4.74 Å². The molecule has 1 amide bonds. The summed E-state index contributed by atoms with van der Waals surface area (Å²) in [7, 11) is 0. The number of hydrogen-bond acceptors (Lipinski definition) is 3. The fourth-order valence-electron chi connectivity index (χ4n) is 2.95. The van der Waals surface area contributed by atoms with Crippen molar-refractivity contribution in [2.75, 3.05) is 19.6 Å². The first kappa shape index (κ1) is 18.9. The maximum Gasteiger partial charge on any atom is 0.234 e. The van der Waals surface area contributed by atoms with Crippen LogP contribution in [0.25, 0.3) is 0 Å². The monoisotopic (exact) mass is 332 g/mol. The third-order valence-electron chi connectivity index (χ3n) is 4.20. The number of benzene rings is 1. The number of amides is 1. The number of morpholine rings is 1. The van der Waals surface area contributed by atoms with E-state index >= 15 is 0 Å². The predicted octanol–water partition coefficient (Wildman–Crippen LogP) is 3.39. The summed E-state index contributed by atoms with van der Waals surface area (Å²) in [5, 5.41) is 3.05. The van der Waals surface area contributed by atoms with Crippen molar-refractivity contribution in [3.8, 4) is 0 Å². The van der Waals surface area contributed by atoms with Crippen LogP contribution in [0.1, 0.15) is 53.2 Å². The second-order valence-electron chi connectivity index (χ2n) is 8.88. The molecule has 0 aliphatic carbocycles. The lowest BCUT2D eigenvalue weighted by atomic mass is 9.87. The van der Waals surface area contributed by atoms with E-state index < -0.39 is 0 Å². The van der Waals surface area contributed by atoms with Crippen molar-refractivity contribution in [1.29, 1.82) is 0 Å². The number of nitrogens with zero attached hydrogens (tertiary/aromatic N) is 1. The van der Waals surface area contributed by atoms with Gasteiger partial charge in [0.2, 0.25) is 5.91 Å². The molecule has 1 aliphatic heterocycles. The number of hydrogen-bond donors (Lipinski definition) is 1. The zero-order valence-corrected chi connectivity index (χ0v) is 15.9. The highest BCUT2D eigenvalue weighted by atomic mass is 16.5. The minimum atomic E-state index is -0.203. The van der Waals surface area contributed by atoms with Crippen molar-refractivity contribution >= 4 is 5.91 Å². The molecule has 2 rings (SSSR count). The predicted molar refractivity (Wildman–Crippen MR) is 97.8 cm³/mol. The third-order valence-corrected chi connectivity index (χ3v) is 4.20. The number of carbonyl (C=O) groups excluding carboxylic acids is 1. The summed E-state index contributed by atoms with van der Waals surface area (Å²) in [4.78, 5) is 14.6. The van der Waals surface area contributed by atoms with Crippen LogP contribution in [-0.4, -0.2) is 42.1 Å². The fourth-order valence-corrected chi connectivity index (χ4v) is 2.95. The van der Waals surface area contributed by atoms with E-state index in [1.54, 1.807) is 0 Å². The van der Waals surface area contributed by atoms with Crippen molar-refractivity contribution in [3.05, 3.63) is 35.9 Å². The maximum absolute atomic E-state index is 12.3. The molecule has 24 heavy (non-hydrogen) atoms. The normalized spacial score (nSPS) is 23.1. The van der Waals surface area contributed by atoms with Crippen molar-refractivity contribution < 1.29 is 9.53 Å². The SMILES string of the molecule is CC(C)(C)NC(=O)CN1C[C@@H](c2ccccc2)O[C@@H](C(C)(C)C)C1. The molecule has 0 spiro atoms. The lowest BCUT2D eigenvalue weighted by molar-refractivity contribution is -0.140. The summed E-state index contributed by atoms with van der Waals surface area (Å²) >= 11 is 0. The van der Waals surface area contributed by atoms with Gasteiger partial charge in [-0.1, -0.05) is 51.1 Å². The Kier molecular flexibility index (Phi) is 5.71. The number of rotatable bonds is 3. The minimum Gasteiger partial charge on any atom is -0.367 e. The van der Waals surface area contributed by atoms with Crippen LogP contribution < -0.4 is 5.32 Å². The Balaban J connectivity index is 2.11. The molecule has 1 N–H and O–H groups in total. The lowest BCUT2D eigenvalue weighted by Gasteiger charge is -2.43. The minimum absolute atomic E-state index is 0.00612. The van der Waals surface area contributed by atoms with Gasteiger partial charge in [0.15, 0.2) is 0 Å². The largest absolute Gasteiger partial charge is 0.367 e. The van der Waals surface area contributed by atoms with E-state index in [0.29, 0.717) is 6.54 Å². The number of carbonyl (C=O) groups is 1. The first-order valence-electron chi connectivity index (χ1n) is 8.78. The molecule has 2 atom stereocenters. The van der Waals surface area contributed by atoms with Gasteiger partial charge in [0.25, 0.3) is 0 Å². The molecule has 1 aromatic carbocycles. The summed E-state index contributed by atoms with van der Waals surface area (Å²) in [6.07, 6.45) is 0.102. The Bertz CT molecular complexity index is 543. The van der Waals surface area contributed by atoms with Crippen LogP contribution in [0.15, 0.2) is 30.3 Å². The fraction of sp³-hybridized carbons (Fsp3) is 0.650. The summed E-state index contributed by atoms with van der Waals surface area (Å²) in [6.45, 7) is 14.5. The van der Waals surface area contributed by atoms with Crippen LogP contribution in [0.4, 0.5) is 0 Å². The van der Waals surface area contributed by atoms with E-state index in [2.05, 4.69) is 43.1 Å². The molecule has 134 valence electrons. The second kappa shape index (κ2) is 7.24. The molecule has 4 heteroatoms.